The molecule has 1 atom stereocenters. The second-order valence-corrected chi connectivity index (χ2v) is 6.40. The highest BCUT2D eigenvalue weighted by molar-refractivity contribution is 7.88. The highest BCUT2D eigenvalue weighted by Gasteiger charge is 2.40. The zero-order valence-corrected chi connectivity index (χ0v) is 12.0. The molecular weight excluding hydrogens is 274 g/mol. The van der Waals surface area contributed by atoms with E-state index in [0.717, 1.165) is 6.26 Å². The van der Waals surface area contributed by atoms with Crippen LogP contribution < -0.4 is 10.0 Å². The van der Waals surface area contributed by atoms with Crippen molar-refractivity contribution in [3.05, 3.63) is 0 Å². The molecule has 0 aromatic heterocycles. The number of nitrogens with zero attached hydrogens (tertiary/aromatic N) is 1. The number of ether oxygens (including phenoxy) is 1. The summed E-state index contributed by atoms with van der Waals surface area (Å²) in [4.78, 5) is 25.0. The molecule has 2 N–H and O–H groups in total. The van der Waals surface area contributed by atoms with E-state index < -0.39 is 15.6 Å². The van der Waals surface area contributed by atoms with Crippen LogP contribution in [0.5, 0.6) is 0 Å². The normalized spacial score (nSPS) is 24.1. The van der Waals surface area contributed by atoms with Gasteiger partial charge in [0.15, 0.2) is 5.60 Å². The van der Waals surface area contributed by atoms with E-state index in [2.05, 4.69) is 10.0 Å². The van der Waals surface area contributed by atoms with Gasteiger partial charge in [-0.2, -0.15) is 0 Å². The van der Waals surface area contributed by atoms with Crippen LogP contribution in [0.15, 0.2) is 0 Å². The van der Waals surface area contributed by atoms with Crippen LogP contribution in [0.2, 0.25) is 0 Å². The molecule has 1 aliphatic rings. The first-order valence-corrected chi connectivity index (χ1v) is 7.65. The fourth-order valence-electron chi connectivity index (χ4n) is 1.79. The maximum absolute atomic E-state index is 11.9. The molecule has 0 unspecified atom stereocenters. The van der Waals surface area contributed by atoms with Crippen molar-refractivity contribution in [1.29, 1.82) is 0 Å². The van der Waals surface area contributed by atoms with E-state index in [1.165, 1.54) is 11.9 Å². The van der Waals surface area contributed by atoms with Crippen molar-refractivity contribution in [3.63, 3.8) is 0 Å². The number of nitrogens with one attached hydrogen (secondary N) is 2. The van der Waals surface area contributed by atoms with Gasteiger partial charge in [-0.3, -0.25) is 9.59 Å². The summed E-state index contributed by atoms with van der Waals surface area (Å²) < 4.78 is 29.4. The van der Waals surface area contributed by atoms with Gasteiger partial charge in [0, 0.05) is 13.6 Å². The van der Waals surface area contributed by atoms with E-state index in [-0.39, 0.29) is 31.5 Å². The molecule has 8 nitrogen and oxygen atoms in total. The molecule has 0 bridgehead atoms. The third kappa shape index (κ3) is 4.44. The van der Waals surface area contributed by atoms with Crippen LogP contribution in [-0.2, 0) is 24.3 Å². The molecule has 2 amide bonds. The zero-order chi connectivity index (χ0) is 14.7. The fraction of sp³-hybridized carbons (Fsp3) is 0.800. The minimum Gasteiger partial charge on any atom is -0.362 e. The van der Waals surface area contributed by atoms with Crippen LogP contribution in [0, 0.1) is 0 Å². The highest BCUT2D eigenvalue weighted by Crippen LogP contribution is 2.17. The number of carbonyl (C=O) groups is 2. The molecule has 0 saturated carbocycles. The second kappa shape index (κ2) is 5.85. The average Bonchev–Trinajstić information content (AvgIpc) is 2.34. The number of sulfonamides is 1. The SMILES string of the molecule is CNC(=O)[C@@]1(C)CN(C(=O)CNS(C)(=O)=O)CCO1. The molecule has 110 valence electrons. The van der Waals surface area contributed by atoms with Crippen molar-refractivity contribution in [2.24, 2.45) is 0 Å². The average molecular weight is 293 g/mol. The number of hydrogen-bond acceptors (Lipinski definition) is 5. The summed E-state index contributed by atoms with van der Waals surface area (Å²) in [5, 5.41) is 2.48. The Hall–Kier alpha value is -1.19. The molecule has 1 heterocycles. The lowest BCUT2D eigenvalue weighted by Gasteiger charge is -2.39. The van der Waals surface area contributed by atoms with E-state index in [1.807, 2.05) is 0 Å². The van der Waals surface area contributed by atoms with Crippen LogP contribution in [-0.4, -0.2) is 70.3 Å². The molecule has 0 aromatic rings. The first kappa shape index (κ1) is 15.9. The van der Waals surface area contributed by atoms with Crippen LogP contribution in [0.3, 0.4) is 0 Å². The topological polar surface area (TPSA) is 105 Å². The smallest absolute Gasteiger partial charge is 0.253 e. The molecule has 1 aliphatic heterocycles. The van der Waals surface area contributed by atoms with Crippen molar-refractivity contribution in [1.82, 2.24) is 14.9 Å². The van der Waals surface area contributed by atoms with Gasteiger partial charge >= 0.3 is 0 Å². The maximum atomic E-state index is 11.9. The molecule has 0 aromatic carbocycles. The van der Waals surface area contributed by atoms with E-state index >= 15 is 0 Å². The highest BCUT2D eigenvalue weighted by atomic mass is 32.2. The van der Waals surface area contributed by atoms with Gasteiger partial charge in [0.1, 0.15) is 0 Å². The monoisotopic (exact) mass is 293 g/mol. The Kier molecular flexibility index (Phi) is 4.88. The van der Waals surface area contributed by atoms with Crippen molar-refractivity contribution in [3.8, 4) is 0 Å². The van der Waals surface area contributed by atoms with Crippen molar-refractivity contribution in [2.75, 3.05) is 39.5 Å². The van der Waals surface area contributed by atoms with Crippen molar-refractivity contribution in [2.45, 2.75) is 12.5 Å². The molecular formula is C10H19N3O5S. The molecule has 1 fully saturated rings. The van der Waals surface area contributed by atoms with Gasteiger partial charge in [0.2, 0.25) is 15.9 Å². The summed E-state index contributed by atoms with van der Waals surface area (Å²) >= 11 is 0. The summed E-state index contributed by atoms with van der Waals surface area (Å²) in [7, 11) is -1.93. The van der Waals surface area contributed by atoms with Crippen LogP contribution in [0.4, 0.5) is 0 Å². The van der Waals surface area contributed by atoms with E-state index in [1.54, 1.807) is 6.92 Å². The predicted octanol–water partition coefficient (Wildman–Crippen LogP) is -2.10. The molecule has 1 saturated heterocycles. The second-order valence-electron chi connectivity index (χ2n) is 4.57. The lowest BCUT2D eigenvalue weighted by Crippen LogP contribution is -2.59. The summed E-state index contributed by atoms with van der Waals surface area (Å²) in [6, 6.07) is 0. The van der Waals surface area contributed by atoms with E-state index in [4.69, 9.17) is 4.74 Å². The van der Waals surface area contributed by atoms with Gasteiger partial charge in [-0.15, -0.1) is 0 Å². The molecule has 19 heavy (non-hydrogen) atoms. The summed E-state index contributed by atoms with van der Waals surface area (Å²) in [6.07, 6.45) is 0.980. The zero-order valence-electron chi connectivity index (χ0n) is 11.2. The van der Waals surface area contributed by atoms with Gasteiger partial charge in [-0.1, -0.05) is 0 Å². The Balaban J connectivity index is 2.64. The number of likely N-dealkylation sites (N-methyl/N-ethyl adjacent to an activating group) is 1. The maximum Gasteiger partial charge on any atom is 0.253 e. The van der Waals surface area contributed by atoms with Gasteiger partial charge in [0.05, 0.1) is 26.0 Å². The summed E-state index contributed by atoms with van der Waals surface area (Å²) in [6.45, 7) is 1.93. The van der Waals surface area contributed by atoms with Crippen molar-refractivity contribution < 1.29 is 22.7 Å². The van der Waals surface area contributed by atoms with Crippen LogP contribution in [0.25, 0.3) is 0 Å². The minimum absolute atomic E-state index is 0.0942. The fourth-order valence-corrected chi connectivity index (χ4v) is 2.17. The van der Waals surface area contributed by atoms with Crippen LogP contribution in [0.1, 0.15) is 6.92 Å². The van der Waals surface area contributed by atoms with Gasteiger partial charge in [0.25, 0.3) is 5.91 Å². The Labute approximate surface area is 112 Å². The van der Waals surface area contributed by atoms with Gasteiger partial charge in [-0.05, 0) is 6.92 Å². The summed E-state index contributed by atoms with van der Waals surface area (Å²) in [5.74, 6) is -0.704. The standard InChI is InChI=1S/C10H19N3O5S/c1-10(9(15)11-2)7-13(4-5-18-10)8(14)6-12-19(3,16)17/h12H,4-7H2,1-3H3,(H,11,15)/t10-/m1/s1. The molecule has 1 rings (SSSR count). The minimum atomic E-state index is -3.42. The van der Waals surface area contributed by atoms with Crippen LogP contribution >= 0.6 is 0 Å². The molecule has 9 heteroatoms. The third-order valence-electron chi connectivity index (χ3n) is 2.82. The number of amides is 2. The third-order valence-corrected chi connectivity index (χ3v) is 3.49. The van der Waals surface area contributed by atoms with Crippen molar-refractivity contribution >= 4 is 21.8 Å². The largest absolute Gasteiger partial charge is 0.362 e. The van der Waals surface area contributed by atoms with E-state index in [0.29, 0.717) is 6.54 Å². The molecule has 0 aliphatic carbocycles. The Morgan fingerprint density at radius 3 is 2.58 bits per heavy atom. The van der Waals surface area contributed by atoms with E-state index in [9.17, 15) is 18.0 Å². The lowest BCUT2D eigenvalue weighted by atomic mass is 10.0. The first-order valence-electron chi connectivity index (χ1n) is 5.76. The lowest BCUT2D eigenvalue weighted by molar-refractivity contribution is -0.162. The van der Waals surface area contributed by atoms with Gasteiger partial charge in [-0.25, -0.2) is 13.1 Å². The number of rotatable bonds is 4. The number of carbonyl (C=O) groups excluding carboxylic acids is 2. The Bertz CT molecular complexity index is 464. The Morgan fingerprint density at radius 1 is 1.42 bits per heavy atom. The summed E-state index contributed by atoms with van der Waals surface area (Å²) in [5.41, 5.74) is -1.10. The number of hydrogen-bond donors (Lipinski definition) is 2. The number of morpholine rings is 1. The molecule has 0 radical (unpaired) electrons. The Morgan fingerprint density at radius 2 is 2.05 bits per heavy atom. The quantitative estimate of drug-likeness (QED) is 0.618. The van der Waals surface area contributed by atoms with Gasteiger partial charge < -0.3 is 15.0 Å². The predicted molar refractivity (Wildman–Crippen MR) is 67.9 cm³/mol. The first-order chi connectivity index (χ1) is 8.68. The molecule has 0 spiro atoms.